The van der Waals surface area contributed by atoms with Crippen molar-refractivity contribution in [3.05, 3.63) is 35.4 Å². The van der Waals surface area contributed by atoms with Gasteiger partial charge in [0.15, 0.2) is 0 Å². The van der Waals surface area contributed by atoms with Gasteiger partial charge in [0.05, 0.1) is 18.2 Å². The molecule has 1 aromatic carbocycles. The predicted molar refractivity (Wildman–Crippen MR) is 66.6 cm³/mol. The van der Waals surface area contributed by atoms with Gasteiger partial charge >= 0.3 is 0 Å². The zero-order chi connectivity index (χ0) is 11.4. The molecule has 3 heteroatoms. The summed E-state index contributed by atoms with van der Waals surface area (Å²) in [5.74, 6) is 0.423. The summed E-state index contributed by atoms with van der Waals surface area (Å²) in [5.41, 5.74) is 1.88. The lowest BCUT2D eigenvalue weighted by atomic mass is 9.91. The first-order valence-corrected chi connectivity index (χ1v) is 6.06. The maximum atomic E-state index is 9.01. The summed E-state index contributed by atoms with van der Waals surface area (Å²) in [5, 5.41) is 9.40. The quantitative estimate of drug-likeness (QED) is 0.796. The maximum absolute atomic E-state index is 9.01. The summed E-state index contributed by atoms with van der Waals surface area (Å²) in [7, 11) is 0. The zero-order valence-corrected chi connectivity index (χ0v) is 9.99. The van der Waals surface area contributed by atoms with E-state index in [0.717, 1.165) is 37.2 Å². The molecule has 2 nitrogen and oxygen atoms in total. The van der Waals surface area contributed by atoms with Gasteiger partial charge in [-0.3, -0.25) is 0 Å². The van der Waals surface area contributed by atoms with Gasteiger partial charge in [-0.2, -0.15) is 17.9 Å². The molecule has 0 N–H and O–H groups in total. The molecule has 0 spiro atoms. The lowest BCUT2D eigenvalue weighted by Gasteiger charge is -2.28. The fourth-order valence-corrected chi connectivity index (χ4v) is 2.37. The number of thiol groups is 1. The van der Waals surface area contributed by atoms with Gasteiger partial charge in [0, 0.05) is 11.9 Å². The Balaban J connectivity index is 2.11. The highest BCUT2D eigenvalue weighted by Crippen LogP contribution is 2.24. The van der Waals surface area contributed by atoms with Crippen LogP contribution in [0.5, 0.6) is 0 Å². The number of benzene rings is 1. The number of nitrogens with zero attached hydrogens (tertiary/aromatic N) is 1. The molecule has 1 heterocycles. The second kappa shape index (κ2) is 5.38. The lowest BCUT2D eigenvalue weighted by Crippen LogP contribution is -2.29. The van der Waals surface area contributed by atoms with Crippen LogP contribution in [0.15, 0.2) is 24.3 Å². The first kappa shape index (κ1) is 11.5. The van der Waals surface area contributed by atoms with E-state index in [1.54, 1.807) is 0 Å². The van der Waals surface area contributed by atoms with Crippen molar-refractivity contribution in [2.75, 3.05) is 13.2 Å². The molecule has 2 atom stereocenters. The number of nitriles is 1. The highest BCUT2D eigenvalue weighted by atomic mass is 32.1. The molecule has 1 fully saturated rings. The van der Waals surface area contributed by atoms with E-state index in [1.807, 2.05) is 24.3 Å². The first-order chi connectivity index (χ1) is 7.81. The Bertz CT molecular complexity index is 399. The smallest absolute Gasteiger partial charge is 0.0994 e. The van der Waals surface area contributed by atoms with Gasteiger partial charge in [-0.05, 0) is 30.4 Å². The monoisotopic (exact) mass is 233 g/mol. The highest BCUT2D eigenvalue weighted by Gasteiger charge is 2.23. The third-order valence-electron chi connectivity index (χ3n) is 3.05. The van der Waals surface area contributed by atoms with Gasteiger partial charge in [0.2, 0.25) is 0 Å². The number of ether oxygens (including phenoxy) is 1. The van der Waals surface area contributed by atoms with Crippen molar-refractivity contribution in [1.82, 2.24) is 0 Å². The van der Waals surface area contributed by atoms with E-state index in [2.05, 4.69) is 18.7 Å². The molecule has 16 heavy (non-hydrogen) atoms. The van der Waals surface area contributed by atoms with Crippen molar-refractivity contribution in [2.24, 2.45) is 5.92 Å². The SMILES string of the molecule is N#Cc1ccccc1CC1COCCC1S. The molecule has 0 aliphatic carbocycles. The Labute approximate surface area is 102 Å². The molecule has 1 aliphatic rings. The highest BCUT2D eigenvalue weighted by molar-refractivity contribution is 7.81. The second-order valence-electron chi connectivity index (χ2n) is 4.16. The predicted octanol–water partition coefficient (Wildman–Crippen LogP) is 2.44. The summed E-state index contributed by atoms with van der Waals surface area (Å²) >= 11 is 4.59. The first-order valence-electron chi connectivity index (χ1n) is 5.55. The van der Waals surface area contributed by atoms with Crippen molar-refractivity contribution in [2.45, 2.75) is 18.1 Å². The normalized spacial score (nSPS) is 25.0. The fourth-order valence-electron chi connectivity index (χ4n) is 2.07. The van der Waals surface area contributed by atoms with Crippen LogP contribution in [0.4, 0.5) is 0 Å². The molecule has 1 aromatic rings. The molecule has 0 aromatic heterocycles. The van der Waals surface area contributed by atoms with Crippen LogP contribution in [0.25, 0.3) is 0 Å². The minimum Gasteiger partial charge on any atom is -0.381 e. The molecular weight excluding hydrogens is 218 g/mol. The largest absolute Gasteiger partial charge is 0.381 e. The third kappa shape index (κ3) is 2.58. The fraction of sp³-hybridized carbons (Fsp3) is 0.462. The average molecular weight is 233 g/mol. The second-order valence-corrected chi connectivity index (χ2v) is 4.83. The van der Waals surface area contributed by atoms with Crippen molar-refractivity contribution in [3.63, 3.8) is 0 Å². The third-order valence-corrected chi connectivity index (χ3v) is 3.73. The van der Waals surface area contributed by atoms with Crippen LogP contribution < -0.4 is 0 Å². The van der Waals surface area contributed by atoms with Gasteiger partial charge in [0.25, 0.3) is 0 Å². The molecule has 2 unspecified atom stereocenters. The molecule has 0 saturated carbocycles. The summed E-state index contributed by atoms with van der Waals surface area (Å²) in [6, 6.07) is 10.0. The summed E-state index contributed by atoms with van der Waals surface area (Å²) in [6.45, 7) is 1.57. The molecule has 0 amide bonds. The zero-order valence-electron chi connectivity index (χ0n) is 9.10. The molecule has 84 valence electrons. The van der Waals surface area contributed by atoms with Crippen LogP contribution in [0, 0.1) is 17.2 Å². The molecule has 1 saturated heterocycles. The average Bonchev–Trinajstić information content (AvgIpc) is 2.33. The Morgan fingerprint density at radius 2 is 2.25 bits per heavy atom. The van der Waals surface area contributed by atoms with Crippen molar-refractivity contribution in [1.29, 1.82) is 5.26 Å². The standard InChI is InChI=1S/C13H15NOS/c14-8-11-4-2-1-3-10(11)7-12-9-15-6-5-13(12)16/h1-4,12-13,16H,5-7,9H2. The topological polar surface area (TPSA) is 33.0 Å². The van der Waals surface area contributed by atoms with Crippen molar-refractivity contribution < 1.29 is 4.74 Å². The van der Waals surface area contributed by atoms with Crippen molar-refractivity contribution >= 4 is 12.6 Å². The van der Waals surface area contributed by atoms with Gasteiger partial charge < -0.3 is 4.74 Å². The molecule has 2 rings (SSSR count). The van der Waals surface area contributed by atoms with Crippen molar-refractivity contribution in [3.8, 4) is 6.07 Å². The van der Waals surface area contributed by atoms with Crippen LogP contribution in [0.1, 0.15) is 17.5 Å². The van der Waals surface area contributed by atoms with Crippen LogP contribution in [-0.4, -0.2) is 18.5 Å². The van der Waals surface area contributed by atoms with E-state index >= 15 is 0 Å². The van der Waals surface area contributed by atoms with E-state index in [0.29, 0.717) is 11.2 Å². The Kier molecular flexibility index (Phi) is 3.87. The molecular formula is C13H15NOS. The summed E-state index contributed by atoms with van der Waals surface area (Å²) in [4.78, 5) is 0. The number of rotatable bonds is 2. The van der Waals surface area contributed by atoms with Gasteiger partial charge in [-0.25, -0.2) is 0 Å². The minimum absolute atomic E-state index is 0.389. The summed E-state index contributed by atoms with van der Waals surface area (Å²) < 4.78 is 5.47. The van der Waals surface area contributed by atoms with E-state index in [-0.39, 0.29) is 0 Å². The van der Waals surface area contributed by atoms with Gasteiger partial charge in [-0.1, -0.05) is 18.2 Å². The van der Waals surface area contributed by atoms with Gasteiger partial charge in [-0.15, -0.1) is 0 Å². The Morgan fingerprint density at radius 3 is 3.00 bits per heavy atom. The van der Waals surface area contributed by atoms with Crippen LogP contribution in [0.2, 0.25) is 0 Å². The summed E-state index contributed by atoms with van der Waals surface area (Å²) in [6.07, 6.45) is 1.89. The van der Waals surface area contributed by atoms with Gasteiger partial charge in [0.1, 0.15) is 0 Å². The Hall–Kier alpha value is -0.980. The maximum Gasteiger partial charge on any atom is 0.0994 e. The van der Waals surface area contributed by atoms with E-state index in [4.69, 9.17) is 10.00 Å². The molecule has 0 bridgehead atoms. The van der Waals surface area contributed by atoms with Crippen LogP contribution >= 0.6 is 12.6 Å². The van der Waals surface area contributed by atoms with Crippen LogP contribution in [0.3, 0.4) is 0 Å². The lowest BCUT2D eigenvalue weighted by molar-refractivity contribution is 0.0596. The minimum atomic E-state index is 0.389. The number of hydrogen-bond acceptors (Lipinski definition) is 3. The van der Waals surface area contributed by atoms with Crippen LogP contribution in [-0.2, 0) is 11.2 Å². The Morgan fingerprint density at radius 1 is 1.44 bits per heavy atom. The molecule has 0 radical (unpaired) electrons. The molecule has 1 aliphatic heterocycles. The van der Waals surface area contributed by atoms with E-state index < -0.39 is 0 Å². The number of hydrogen-bond donors (Lipinski definition) is 1. The van der Waals surface area contributed by atoms with E-state index in [9.17, 15) is 0 Å². The van der Waals surface area contributed by atoms with E-state index in [1.165, 1.54) is 0 Å².